The Morgan fingerprint density at radius 2 is 1.94 bits per heavy atom. The van der Waals surface area contributed by atoms with E-state index >= 15 is 0 Å². The zero-order chi connectivity index (χ0) is 12.2. The molecule has 0 bridgehead atoms. The van der Waals surface area contributed by atoms with Crippen molar-refractivity contribution in [1.82, 2.24) is 9.80 Å². The third kappa shape index (κ3) is 3.49. The molecule has 0 unspecified atom stereocenters. The van der Waals surface area contributed by atoms with Crippen LogP contribution in [0.5, 0.6) is 0 Å². The van der Waals surface area contributed by atoms with E-state index in [1.165, 1.54) is 0 Å². The first-order valence-corrected chi connectivity index (χ1v) is 5.85. The Morgan fingerprint density at radius 3 is 2.50 bits per heavy atom. The Bertz CT molecular complexity index is 288. The summed E-state index contributed by atoms with van der Waals surface area (Å²) >= 11 is 0. The van der Waals surface area contributed by atoms with Gasteiger partial charge in [0.1, 0.15) is 6.42 Å². The molecule has 0 atom stereocenters. The standard InChI is InChI=1S/C12H21N3O/c1-12(2,3)15-8-4-7-14(9-10-15)11(16)5-6-13/h4-5,7-10H2,1-3H3. The number of carbonyl (C=O) groups is 1. The number of hydrogen-bond acceptors (Lipinski definition) is 3. The van der Waals surface area contributed by atoms with Crippen molar-refractivity contribution in [3.63, 3.8) is 0 Å². The summed E-state index contributed by atoms with van der Waals surface area (Å²) in [7, 11) is 0. The van der Waals surface area contributed by atoms with Gasteiger partial charge in [0.05, 0.1) is 6.07 Å². The number of hydrogen-bond donors (Lipinski definition) is 0. The highest BCUT2D eigenvalue weighted by molar-refractivity contribution is 5.78. The van der Waals surface area contributed by atoms with Crippen LogP contribution in [-0.2, 0) is 4.79 Å². The molecule has 90 valence electrons. The van der Waals surface area contributed by atoms with E-state index < -0.39 is 0 Å². The third-order valence-electron chi connectivity index (χ3n) is 3.03. The van der Waals surface area contributed by atoms with E-state index in [-0.39, 0.29) is 17.9 Å². The van der Waals surface area contributed by atoms with Crippen molar-refractivity contribution in [3.8, 4) is 6.07 Å². The average molecular weight is 223 g/mol. The molecule has 16 heavy (non-hydrogen) atoms. The van der Waals surface area contributed by atoms with Crippen LogP contribution in [0.2, 0.25) is 0 Å². The lowest BCUT2D eigenvalue weighted by molar-refractivity contribution is -0.130. The molecule has 0 aromatic rings. The fraction of sp³-hybridized carbons (Fsp3) is 0.833. The van der Waals surface area contributed by atoms with Crippen molar-refractivity contribution >= 4 is 5.91 Å². The lowest BCUT2D eigenvalue weighted by Crippen LogP contribution is -2.44. The van der Waals surface area contributed by atoms with E-state index in [1.54, 1.807) is 0 Å². The SMILES string of the molecule is CC(C)(C)N1CCCN(C(=O)CC#N)CC1. The quantitative estimate of drug-likeness (QED) is 0.672. The summed E-state index contributed by atoms with van der Waals surface area (Å²) < 4.78 is 0. The van der Waals surface area contributed by atoms with Crippen LogP contribution in [0.25, 0.3) is 0 Å². The van der Waals surface area contributed by atoms with Crippen molar-refractivity contribution in [1.29, 1.82) is 5.26 Å². The van der Waals surface area contributed by atoms with Crippen LogP contribution < -0.4 is 0 Å². The van der Waals surface area contributed by atoms with Crippen molar-refractivity contribution in [2.75, 3.05) is 26.2 Å². The molecule has 0 radical (unpaired) electrons. The molecule has 1 aliphatic rings. The van der Waals surface area contributed by atoms with Crippen molar-refractivity contribution in [3.05, 3.63) is 0 Å². The second-order valence-corrected chi connectivity index (χ2v) is 5.23. The van der Waals surface area contributed by atoms with Gasteiger partial charge in [0, 0.05) is 31.7 Å². The van der Waals surface area contributed by atoms with Crippen molar-refractivity contribution < 1.29 is 4.79 Å². The van der Waals surface area contributed by atoms with Gasteiger partial charge >= 0.3 is 0 Å². The smallest absolute Gasteiger partial charge is 0.236 e. The molecule has 1 rings (SSSR count). The first-order chi connectivity index (χ1) is 7.45. The average Bonchev–Trinajstić information content (AvgIpc) is 2.41. The van der Waals surface area contributed by atoms with Crippen molar-refractivity contribution in [2.24, 2.45) is 0 Å². The number of carbonyl (C=O) groups excluding carboxylic acids is 1. The summed E-state index contributed by atoms with van der Waals surface area (Å²) in [6.07, 6.45) is 1.00. The number of amides is 1. The van der Waals surface area contributed by atoms with Crippen LogP contribution in [0.3, 0.4) is 0 Å². The third-order valence-corrected chi connectivity index (χ3v) is 3.03. The molecule has 1 heterocycles. The van der Waals surface area contributed by atoms with Gasteiger partial charge in [0.2, 0.25) is 5.91 Å². The molecule has 0 saturated carbocycles. The molecule has 0 aromatic carbocycles. The highest BCUT2D eigenvalue weighted by atomic mass is 16.2. The lowest BCUT2D eigenvalue weighted by Gasteiger charge is -2.34. The van der Waals surface area contributed by atoms with Crippen LogP contribution in [0.1, 0.15) is 33.6 Å². The predicted molar refractivity (Wildman–Crippen MR) is 62.8 cm³/mol. The van der Waals surface area contributed by atoms with E-state index in [0.717, 1.165) is 32.6 Å². The van der Waals surface area contributed by atoms with Gasteiger partial charge in [0.15, 0.2) is 0 Å². The molecule has 0 aliphatic carbocycles. The predicted octanol–water partition coefficient (Wildman–Crippen LogP) is 1.23. The van der Waals surface area contributed by atoms with Gasteiger partial charge in [-0.25, -0.2) is 0 Å². The zero-order valence-corrected chi connectivity index (χ0v) is 10.5. The van der Waals surface area contributed by atoms with Crippen LogP contribution in [-0.4, -0.2) is 47.4 Å². The van der Waals surface area contributed by atoms with Gasteiger partial charge in [-0.15, -0.1) is 0 Å². The molecule has 1 fully saturated rings. The van der Waals surface area contributed by atoms with Gasteiger partial charge in [-0.3, -0.25) is 9.69 Å². The van der Waals surface area contributed by atoms with Crippen LogP contribution in [0.15, 0.2) is 0 Å². The normalized spacial score (nSPS) is 19.0. The first-order valence-electron chi connectivity index (χ1n) is 5.85. The molecule has 1 aliphatic heterocycles. The lowest BCUT2D eigenvalue weighted by atomic mass is 10.1. The maximum absolute atomic E-state index is 11.6. The Hall–Kier alpha value is -1.08. The minimum absolute atomic E-state index is 0.00944. The van der Waals surface area contributed by atoms with Gasteiger partial charge in [-0.2, -0.15) is 5.26 Å². The summed E-state index contributed by atoms with van der Waals surface area (Å²) in [5, 5.41) is 8.51. The molecule has 0 aromatic heterocycles. The summed E-state index contributed by atoms with van der Waals surface area (Å²) in [5.74, 6) is -0.0294. The van der Waals surface area contributed by atoms with Gasteiger partial charge in [-0.05, 0) is 27.2 Å². The van der Waals surface area contributed by atoms with Crippen LogP contribution in [0.4, 0.5) is 0 Å². The van der Waals surface area contributed by atoms with E-state index in [9.17, 15) is 4.79 Å². The van der Waals surface area contributed by atoms with Gasteiger partial charge in [0.25, 0.3) is 0 Å². The van der Waals surface area contributed by atoms with Gasteiger partial charge in [-0.1, -0.05) is 0 Å². The molecule has 4 heteroatoms. The monoisotopic (exact) mass is 223 g/mol. The molecule has 0 N–H and O–H groups in total. The molecular weight excluding hydrogens is 202 g/mol. The minimum Gasteiger partial charge on any atom is -0.340 e. The largest absolute Gasteiger partial charge is 0.340 e. The van der Waals surface area contributed by atoms with E-state index in [2.05, 4.69) is 25.7 Å². The summed E-state index contributed by atoms with van der Waals surface area (Å²) in [4.78, 5) is 15.8. The van der Waals surface area contributed by atoms with Crippen LogP contribution in [0, 0.1) is 11.3 Å². The Morgan fingerprint density at radius 1 is 1.25 bits per heavy atom. The van der Waals surface area contributed by atoms with E-state index in [0.29, 0.717) is 0 Å². The Balaban J connectivity index is 2.53. The summed E-state index contributed by atoms with van der Waals surface area (Å²) in [6, 6.07) is 1.92. The molecule has 4 nitrogen and oxygen atoms in total. The second kappa shape index (κ2) is 5.31. The summed E-state index contributed by atoms with van der Waals surface area (Å²) in [5.41, 5.74) is 0.161. The molecule has 1 saturated heterocycles. The Labute approximate surface area is 97.8 Å². The molecule has 0 spiro atoms. The zero-order valence-electron chi connectivity index (χ0n) is 10.5. The van der Waals surface area contributed by atoms with E-state index in [1.807, 2.05) is 11.0 Å². The van der Waals surface area contributed by atoms with Crippen molar-refractivity contribution in [2.45, 2.75) is 39.2 Å². The second-order valence-electron chi connectivity index (χ2n) is 5.23. The fourth-order valence-electron chi connectivity index (χ4n) is 2.02. The number of nitrogens with zero attached hydrogens (tertiary/aromatic N) is 3. The highest BCUT2D eigenvalue weighted by Gasteiger charge is 2.25. The molecular formula is C12H21N3O. The maximum Gasteiger partial charge on any atom is 0.236 e. The minimum atomic E-state index is -0.0294. The Kier molecular flexibility index (Phi) is 4.31. The van der Waals surface area contributed by atoms with Crippen LogP contribution >= 0.6 is 0 Å². The topological polar surface area (TPSA) is 47.3 Å². The maximum atomic E-state index is 11.6. The highest BCUT2D eigenvalue weighted by Crippen LogP contribution is 2.16. The number of nitriles is 1. The fourth-order valence-corrected chi connectivity index (χ4v) is 2.02. The summed E-state index contributed by atoms with van der Waals surface area (Å²) in [6.45, 7) is 10.0. The first kappa shape index (κ1) is 13.0. The molecule has 1 amide bonds. The van der Waals surface area contributed by atoms with E-state index in [4.69, 9.17) is 5.26 Å². The van der Waals surface area contributed by atoms with Gasteiger partial charge < -0.3 is 4.90 Å². The number of rotatable bonds is 1.